The van der Waals surface area contributed by atoms with Crippen LogP contribution < -0.4 is 4.74 Å². The molecule has 7 heteroatoms. The van der Waals surface area contributed by atoms with E-state index in [9.17, 15) is 18.0 Å². The molecule has 2 aromatic carbocycles. The average molecular weight is 364 g/mol. The Morgan fingerprint density at radius 1 is 1.04 bits per heavy atom. The second-order valence-electron chi connectivity index (χ2n) is 6.19. The van der Waals surface area contributed by atoms with E-state index < -0.39 is 17.8 Å². The van der Waals surface area contributed by atoms with Gasteiger partial charge in [-0.25, -0.2) is 4.79 Å². The lowest BCUT2D eigenvalue weighted by molar-refractivity contribution is -0.137. The minimum Gasteiger partial charge on any atom is -0.410 e. The number of amides is 1. The summed E-state index contributed by atoms with van der Waals surface area (Å²) in [4.78, 5) is 15.9. The van der Waals surface area contributed by atoms with Crippen molar-refractivity contribution >= 4 is 6.09 Å². The highest BCUT2D eigenvalue weighted by Crippen LogP contribution is 2.31. The molecule has 3 rings (SSSR count). The van der Waals surface area contributed by atoms with Gasteiger partial charge in [-0.1, -0.05) is 36.4 Å². The van der Waals surface area contributed by atoms with Crippen LogP contribution in [-0.2, 0) is 12.7 Å². The highest BCUT2D eigenvalue weighted by atomic mass is 19.4. The van der Waals surface area contributed by atoms with Crippen molar-refractivity contribution < 1.29 is 22.7 Å². The molecule has 138 valence electrons. The fraction of sp³-hybridized carbons (Fsp3) is 0.316. The number of carbonyl (C=O) groups excluding carboxylic acids is 1. The largest absolute Gasteiger partial charge is 0.416 e. The topological polar surface area (TPSA) is 32.8 Å². The molecule has 1 heterocycles. The van der Waals surface area contributed by atoms with E-state index in [1.165, 1.54) is 17.0 Å². The van der Waals surface area contributed by atoms with Crippen LogP contribution in [0.2, 0.25) is 0 Å². The van der Waals surface area contributed by atoms with Crippen molar-refractivity contribution in [3.8, 4) is 5.75 Å². The van der Waals surface area contributed by atoms with Crippen molar-refractivity contribution in [2.45, 2.75) is 19.1 Å². The Balaban J connectivity index is 1.61. The summed E-state index contributed by atoms with van der Waals surface area (Å²) < 4.78 is 43.4. The molecule has 0 N–H and O–H groups in total. The first-order chi connectivity index (χ1) is 12.4. The number of alkyl halides is 3. The molecule has 0 spiro atoms. The van der Waals surface area contributed by atoms with E-state index in [2.05, 4.69) is 4.90 Å². The van der Waals surface area contributed by atoms with Crippen LogP contribution >= 0.6 is 0 Å². The number of nitrogens with zero attached hydrogens (tertiary/aromatic N) is 2. The number of ether oxygens (including phenoxy) is 1. The molecule has 1 amide bonds. The van der Waals surface area contributed by atoms with Crippen molar-refractivity contribution in [1.29, 1.82) is 0 Å². The molecule has 2 aromatic rings. The van der Waals surface area contributed by atoms with Crippen LogP contribution in [0.1, 0.15) is 17.5 Å². The lowest BCUT2D eigenvalue weighted by atomic mass is 10.2. The molecule has 1 saturated heterocycles. The van der Waals surface area contributed by atoms with E-state index in [0.717, 1.165) is 30.7 Å². The molecule has 0 bridgehead atoms. The van der Waals surface area contributed by atoms with Gasteiger partial charge in [0.05, 0.1) is 12.2 Å². The molecular formula is C19H19F3N2O2. The molecule has 0 aliphatic carbocycles. The van der Waals surface area contributed by atoms with Crippen molar-refractivity contribution in [3.05, 3.63) is 65.7 Å². The maximum Gasteiger partial charge on any atom is 0.416 e. The summed E-state index contributed by atoms with van der Waals surface area (Å²) in [6, 6.07) is 14.2. The van der Waals surface area contributed by atoms with Crippen molar-refractivity contribution in [2.75, 3.05) is 19.8 Å². The zero-order chi connectivity index (χ0) is 18.6. The first kappa shape index (κ1) is 18.3. The Hall–Kier alpha value is -2.54. The zero-order valence-corrected chi connectivity index (χ0v) is 14.1. The standard InChI is InChI=1S/C19H19F3N2O2/c20-19(21,22)16-8-4-9-17(12-16)26-18(25)24-11-5-10-23(14-24)13-15-6-2-1-3-7-15/h1-4,6-9,12H,5,10-11,13-14H2. The summed E-state index contributed by atoms with van der Waals surface area (Å²) in [5.41, 5.74) is 0.299. The van der Waals surface area contributed by atoms with Crippen LogP contribution in [0.4, 0.5) is 18.0 Å². The number of hydrogen-bond donors (Lipinski definition) is 0. The highest BCUT2D eigenvalue weighted by Gasteiger charge is 2.31. The molecule has 0 atom stereocenters. The van der Waals surface area contributed by atoms with E-state index in [1.54, 1.807) is 0 Å². The number of benzene rings is 2. The maximum atomic E-state index is 12.8. The summed E-state index contributed by atoms with van der Waals surface area (Å²) in [6.45, 7) is 2.45. The van der Waals surface area contributed by atoms with E-state index in [4.69, 9.17) is 4.74 Å². The van der Waals surface area contributed by atoms with Crippen LogP contribution in [0.5, 0.6) is 5.75 Å². The molecule has 0 unspecified atom stereocenters. The Morgan fingerprint density at radius 3 is 2.54 bits per heavy atom. The minimum absolute atomic E-state index is 0.106. The predicted octanol–water partition coefficient (Wildman–Crippen LogP) is 4.37. The van der Waals surface area contributed by atoms with Gasteiger partial charge in [-0.05, 0) is 30.2 Å². The van der Waals surface area contributed by atoms with Gasteiger partial charge in [0.2, 0.25) is 0 Å². The Morgan fingerprint density at radius 2 is 1.81 bits per heavy atom. The third kappa shape index (κ3) is 4.76. The molecule has 0 radical (unpaired) electrons. The van der Waals surface area contributed by atoms with Gasteiger partial charge in [0.1, 0.15) is 5.75 Å². The van der Waals surface area contributed by atoms with Crippen LogP contribution in [-0.4, -0.2) is 35.7 Å². The summed E-state index contributed by atoms with van der Waals surface area (Å²) in [7, 11) is 0. The van der Waals surface area contributed by atoms with Gasteiger partial charge in [-0.3, -0.25) is 9.80 Å². The number of rotatable bonds is 3. The molecular weight excluding hydrogens is 345 g/mol. The highest BCUT2D eigenvalue weighted by molar-refractivity contribution is 5.70. The van der Waals surface area contributed by atoms with Crippen LogP contribution in [0.25, 0.3) is 0 Å². The van der Waals surface area contributed by atoms with E-state index in [0.29, 0.717) is 19.8 Å². The van der Waals surface area contributed by atoms with Crippen molar-refractivity contribution in [1.82, 2.24) is 9.80 Å². The van der Waals surface area contributed by atoms with Crippen LogP contribution in [0, 0.1) is 0 Å². The van der Waals surface area contributed by atoms with Gasteiger partial charge in [-0.2, -0.15) is 13.2 Å². The zero-order valence-electron chi connectivity index (χ0n) is 14.1. The third-order valence-corrected chi connectivity index (χ3v) is 4.15. The summed E-state index contributed by atoms with van der Waals surface area (Å²) in [6.07, 6.45) is -4.33. The molecule has 1 aliphatic heterocycles. The first-order valence-corrected chi connectivity index (χ1v) is 8.32. The van der Waals surface area contributed by atoms with Gasteiger partial charge in [-0.15, -0.1) is 0 Å². The number of carbonyl (C=O) groups is 1. The molecule has 1 aliphatic rings. The van der Waals surface area contributed by atoms with E-state index in [1.807, 2.05) is 30.3 Å². The Bertz CT molecular complexity index is 750. The molecule has 26 heavy (non-hydrogen) atoms. The van der Waals surface area contributed by atoms with Gasteiger partial charge in [0, 0.05) is 19.6 Å². The molecule has 1 fully saturated rings. The number of halogens is 3. The normalized spacial score (nSPS) is 15.7. The van der Waals surface area contributed by atoms with Gasteiger partial charge >= 0.3 is 12.3 Å². The fourth-order valence-electron chi connectivity index (χ4n) is 2.89. The summed E-state index contributed by atoms with van der Waals surface area (Å²) in [5, 5.41) is 0. The second kappa shape index (κ2) is 7.78. The molecule has 0 aromatic heterocycles. The third-order valence-electron chi connectivity index (χ3n) is 4.15. The first-order valence-electron chi connectivity index (χ1n) is 8.32. The van der Waals surface area contributed by atoms with Gasteiger partial charge < -0.3 is 4.74 Å². The quantitative estimate of drug-likeness (QED) is 0.811. The predicted molar refractivity (Wildman–Crippen MR) is 90.5 cm³/mol. The van der Waals surface area contributed by atoms with E-state index in [-0.39, 0.29) is 5.75 Å². The Kier molecular flexibility index (Phi) is 5.46. The lowest BCUT2D eigenvalue weighted by Crippen LogP contribution is -2.48. The Labute approximate surface area is 149 Å². The SMILES string of the molecule is O=C(Oc1cccc(C(F)(F)F)c1)N1CCCN(Cc2ccccc2)C1. The average Bonchev–Trinajstić information content (AvgIpc) is 2.62. The van der Waals surface area contributed by atoms with Gasteiger partial charge in [0.15, 0.2) is 0 Å². The molecule has 0 saturated carbocycles. The second-order valence-corrected chi connectivity index (χ2v) is 6.19. The van der Waals surface area contributed by atoms with Crippen molar-refractivity contribution in [2.24, 2.45) is 0 Å². The van der Waals surface area contributed by atoms with Crippen molar-refractivity contribution in [3.63, 3.8) is 0 Å². The lowest BCUT2D eigenvalue weighted by Gasteiger charge is -2.34. The van der Waals surface area contributed by atoms with Crippen LogP contribution in [0.3, 0.4) is 0 Å². The summed E-state index contributed by atoms with van der Waals surface area (Å²) >= 11 is 0. The minimum atomic E-state index is -4.47. The van der Waals surface area contributed by atoms with E-state index >= 15 is 0 Å². The van der Waals surface area contributed by atoms with Gasteiger partial charge in [0.25, 0.3) is 0 Å². The smallest absolute Gasteiger partial charge is 0.410 e. The fourth-order valence-corrected chi connectivity index (χ4v) is 2.89. The molecule has 4 nitrogen and oxygen atoms in total. The monoisotopic (exact) mass is 364 g/mol. The maximum absolute atomic E-state index is 12.8. The number of hydrogen-bond acceptors (Lipinski definition) is 3. The van der Waals surface area contributed by atoms with Crippen LogP contribution in [0.15, 0.2) is 54.6 Å². The summed E-state index contributed by atoms with van der Waals surface area (Å²) in [5.74, 6) is -0.106.